The van der Waals surface area contributed by atoms with Crippen LogP contribution in [0.5, 0.6) is 0 Å². The lowest BCUT2D eigenvalue weighted by Crippen LogP contribution is -2.34. The molecule has 5 rings (SSSR count). The van der Waals surface area contributed by atoms with E-state index < -0.39 is 0 Å². The maximum atomic E-state index is 13.4. The molecular formula is C29H22ClN3O2S2. The van der Waals surface area contributed by atoms with E-state index in [4.69, 9.17) is 23.8 Å². The maximum absolute atomic E-state index is 13.4. The Hall–Kier alpha value is -3.78. The summed E-state index contributed by atoms with van der Waals surface area (Å²) >= 11 is 13.1. The van der Waals surface area contributed by atoms with E-state index in [-0.39, 0.29) is 16.9 Å². The quantitative estimate of drug-likeness (QED) is 0.225. The first-order chi connectivity index (χ1) is 18.0. The van der Waals surface area contributed by atoms with Crippen LogP contribution in [0.25, 0.3) is 20.9 Å². The number of thiophene rings is 1. The van der Waals surface area contributed by atoms with E-state index >= 15 is 0 Å². The summed E-state index contributed by atoms with van der Waals surface area (Å²) < 4.78 is 0.932. The van der Waals surface area contributed by atoms with Crippen LogP contribution in [0.2, 0.25) is 5.02 Å². The maximum Gasteiger partial charge on any atom is 0.269 e. The molecule has 0 radical (unpaired) electrons. The van der Waals surface area contributed by atoms with E-state index in [1.807, 2.05) is 73.7 Å². The summed E-state index contributed by atoms with van der Waals surface area (Å²) in [6, 6.07) is 28.6. The molecule has 8 heteroatoms. The number of carbonyl (C=O) groups is 2. The van der Waals surface area contributed by atoms with Gasteiger partial charge in [-0.2, -0.15) is 0 Å². The molecule has 0 spiro atoms. The highest BCUT2D eigenvalue weighted by atomic mass is 35.5. The fraction of sp³-hybridized carbons (Fsp3) is 0.0690. The van der Waals surface area contributed by atoms with Crippen molar-refractivity contribution in [3.05, 3.63) is 106 Å². The molecule has 0 fully saturated rings. The normalized spacial score (nSPS) is 10.9. The van der Waals surface area contributed by atoms with E-state index in [0.29, 0.717) is 27.7 Å². The lowest BCUT2D eigenvalue weighted by Gasteiger charge is -2.23. The number of benzene rings is 4. The second kappa shape index (κ2) is 10.7. The summed E-state index contributed by atoms with van der Waals surface area (Å²) in [5.41, 5.74) is 2.07. The largest absolute Gasteiger partial charge is 0.332 e. The topological polar surface area (TPSA) is 61.4 Å². The van der Waals surface area contributed by atoms with E-state index in [1.54, 1.807) is 29.2 Å². The lowest BCUT2D eigenvalue weighted by molar-refractivity contribution is 0.0976. The van der Waals surface area contributed by atoms with E-state index in [9.17, 15) is 9.59 Å². The van der Waals surface area contributed by atoms with Gasteiger partial charge in [-0.15, -0.1) is 11.3 Å². The molecule has 0 aliphatic carbocycles. The monoisotopic (exact) mass is 543 g/mol. The summed E-state index contributed by atoms with van der Waals surface area (Å²) in [5.74, 6) is -0.468. The van der Waals surface area contributed by atoms with Crippen molar-refractivity contribution in [1.82, 2.24) is 5.32 Å². The Morgan fingerprint density at radius 1 is 0.892 bits per heavy atom. The molecule has 5 aromatic rings. The van der Waals surface area contributed by atoms with Gasteiger partial charge in [0.05, 0.1) is 10.7 Å². The van der Waals surface area contributed by atoms with Crippen LogP contribution in [0.15, 0.2) is 91.0 Å². The Kier molecular flexibility index (Phi) is 7.19. The number of anilines is 2. The standard InChI is InChI=1S/C29H22ClN3O2S2/c1-2-33(23-12-7-9-18-8-3-4-10-21(18)23)28(35)19-14-16-20(17-15-19)31-29(36)32-27(34)26-25(30)22-11-5-6-13-24(22)37-26/h3-17H,2H2,1H3,(H2,31,32,34,36). The van der Waals surface area contributed by atoms with Gasteiger partial charge >= 0.3 is 0 Å². The van der Waals surface area contributed by atoms with Crippen molar-refractivity contribution in [2.75, 3.05) is 16.8 Å². The molecule has 0 aliphatic rings. The minimum absolute atomic E-state index is 0.0966. The van der Waals surface area contributed by atoms with Crippen LogP contribution in [0.4, 0.5) is 11.4 Å². The third kappa shape index (κ3) is 5.06. The van der Waals surface area contributed by atoms with Crippen LogP contribution in [-0.4, -0.2) is 23.5 Å². The predicted octanol–water partition coefficient (Wildman–Crippen LogP) is 7.50. The molecule has 0 saturated carbocycles. The number of halogens is 1. The summed E-state index contributed by atoms with van der Waals surface area (Å²) in [6.45, 7) is 2.49. The Morgan fingerprint density at radius 3 is 2.30 bits per heavy atom. The van der Waals surface area contributed by atoms with Crippen molar-refractivity contribution in [1.29, 1.82) is 0 Å². The molecule has 4 aromatic carbocycles. The number of rotatable bonds is 5. The summed E-state index contributed by atoms with van der Waals surface area (Å²) in [5, 5.41) is 9.18. The molecule has 0 bridgehead atoms. The lowest BCUT2D eigenvalue weighted by atomic mass is 10.1. The van der Waals surface area contributed by atoms with Crippen LogP contribution in [0, 0.1) is 0 Å². The molecule has 2 amide bonds. The molecular weight excluding hydrogens is 522 g/mol. The summed E-state index contributed by atoms with van der Waals surface area (Å²) in [4.78, 5) is 28.3. The number of hydrogen-bond acceptors (Lipinski definition) is 4. The first-order valence-corrected chi connectivity index (χ1v) is 13.3. The Balaban J connectivity index is 1.28. The smallest absolute Gasteiger partial charge is 0.269 e. The zero-order valence-corrected chi connectivity index (χ0v) is 22.2. The third-order valence-electron chi connectivity index (χ3n) is 5.98. The Labute approximate surface area is 228 Å². The van der Waals surface area contributed by atoms with Gasteiger partial charge in [-0.05, 0) is 60.9 Å². The fourth-order valence-corrected chi connectivity index (χ4v) is 5.82. The van der Waals surface area contributed by atoms with Crippen LogP contribution < -0.4 is 15.5 Å². The number of carbonyl (C=O) groups excluding carboxylic acids is 2. The highest BCUT2D eigenvalue weighted by Gasteiger charge is 2.19. The van der Waals surface area contributed by atoms with Gasteiger partial charge in [-0.3, -0.25) is 14.9 Å². The van der Waals surface area contributed by atoms with E-state index in [0.717, 1.165) is 26.5 Å². The average molecular weight is 544 g/mol. The minimum Gasteiger partial charge on any atom is -0.332 e. The molecule has 0 aliphatic heterocycles. The van der Waals surface area contributed by atoms with Crippen LogP contribution in [0.3, 0.4) is 0 Å². The van der Waals surface area contributed by atoms with Gasteiger partial charge < -0.3 is 10.2 Å². The van der Waals surface area contributed by atoms with Crippen molar-refractivity contribution in [2.24, 2.45) is 0 Å². The average Bonchev–Trinajstić information content (AvgIpc) is 3.26. The van der Waals surface area contributed by atoms with Gasteiger partial charge in [0, 0.05) is 33.3 Å². The van der Waals surface area contributed by atoms with Crippen molar-refractivity contribution in [3.8, 4) is 0 Å². The van der Waals surface area contributed by atoms with Gasteiger partial charge in [0.15, 0.2) is 5.11 Å². The van der Waals surface area contributed by atoms with Crippen molar-refractivity contribution in [2.45, 2.75) is 6.92 Å². The van der Waals surface area contributed by atoms with Gasteiger partial charge in [-0.25, -0.2) is 0 Å². The summed E-state index contributed by atoms with van der Waals surface area (Å²) in [6.07, 6.45) is 0. The van der Waals surface area contributed by atoms with Gasteiger partial charge in [0.1, 0.15) is 4.88 Å². The third-order valence-corrected chi connectivity index (χ3v) is 7.86. The highest BCUT2D eigenvalue weighted by Crippen LogP contribution is 2.35. The van der Waals surface area contributed by atoms with Gasteiger partial charge in [0.25, 0.3) is 11.8 Å². The minimum atomic E-state index is -0.371. The molecule has 37 heavy (non-hydrogen) atoms. The van der Waals surface area contributed by atoms with Gasteiger partial charge in [0.2, 0.25) is 0 Å². The van der Waals surface area contributed by atoms with Crippen LogP contribution in [-0.2, 0) is 0 Å². The molecule has 1 aromatic heterocycles. The number of fused-ring (bicyclic) bond motifs is 2. The zero-order chi connectivity index (χ0) is 25.9. The molecule has 1 heterocycles. The first-order valence-electron chi connectivity index (χ1n) is 11.7. The fourth-order valence-electron chi connectivity index (χ4n) is 4.20. The Morgan fingerprint density at radius 2 is 1.57 bits per heavy atom. The molecule has 5 nitrogen and oxygen atoms in total. The molecule has 0 atom stereocenters. The van der Waals surface area contributed by atoms with E-state index in [2.05, 4.69) is 10.6 Å². The number of nitrogens with zero attached hydrogens (tertiary/aromatic N) is 1. The number of thiocarbonyl (C=S) groups is 1. The number of nitrogens with one attached hydrogen (secondary N) is 2. The van der Waals surface area contributed by atoms with Crippen LogP contribution in [0.1, 0.15) is 27.0 Å². The van der Waals surface area contributed by atoms with Crippen molar-refractivity contribution >= 4 is 84.3 Å². The number of amides is 2. The SMILES string of the molecule is CCN(C(=O)c1ccc(NC(=S)NC(=O)c2sc3ccccc3c2Cl)cc1)c1cccc2ccccc12. The molecule has 2 N–H and O–H groups in total. The van der Waals surface area contributed by atoms with E-state index in [1.165, 1.54) is 11.3 Å². The van der Waals surface area contributed by atoms with Gasteiger partial charge in [-0.1, -0.05) is 66.2 Å². The molecule has 184 valence electrons. The second-order valence-electron chi connectivity index (χ2n) is 8.27. The Bertz CT molecular complexity index is 1640. The second-order valence-corrected chi connectivity index (χ2v) is 10.1. The predicted molar refractivity (Wildman–Crippen MR) is 158 cm³/mol. The highest BCUT2D eigenvalue weighted by molar-refractivity contribution is 7.80. The number of hydrogen-bond donors (Lipinski definition) is 2. The van der Waals surface area contributed by atoms with Crippen molar-refractivity contribution in [3.63, 3.8) is 0 Å². The molecule has 0 saturated heterocycles. The van der Waals surface area contributed by atoms with Crippen molar-refractivity contribution < 1.29 is 9.59 Å². The van der Waals surface area contributed by atoms with Crippen LogP contribution >= 0.6 is 35.2 Å². The zero-order valence-electron chi connectivity index (χ0n) is 19.8. The molecule has 0 unspecified atom stereocenters. The first kappa shape index (κ1) is 24.9. The summed E-state index contributed by atoms with van der Waals surface area (Å²) in [7, 11) is 0.